The average Bonchev–Trinajstić information content (AvgIpc) is 2.38. The highest BCUT2D eigenvalue weighted by atomic mass is 16.5. The van der Waals surface area contributed by atoms with E-state index in [4.69, 9.17) is 4.74 Å². The predicted molar refractivity (Wildman–Crippen MR) is 68.0 cm³/mol. The highest BCUT2D eigenvalue weighted by Crippen LogP contribution is 2.18. The van der Waals surface area contributed by atoms with Crippen molar-refractivity contribution in [3.63, 3.8) is 0 Å². The van der Waals surface area contributed by atoms with Gasteiger partial charge in [0, 0.05) is 6.04 Å². The number of hydrogen-bond acceptors (Lipinski definition) is 3. The first kappa shape index (κ1) is 12.9. The van der Waals surface area contributed by atoms with Gasteiger partial charge >= 0.3 is 6.09 Å². The normalized spacial score (nSPS) is 23.4. The van der Waals surface area contributed by atoms with Crippen molar-refractivity contribution in [3.8, 4) is 0 Å². The number of amides is 1. The van der Waals surface area contributed by atoms with Gasteiger partial charge in [0.05, 0.1) is 6.10 Å². The molecule has 0 aromatic heterocycles. The standard InChI is InChI=1S/C14H19NO3/c16-13-8-4-7-12(9-13)15-14(17)18-10-11-5-2-1-3-6-11/h1-3,5-6,12-13,16H,4,7-10H2,(H,15,17)/t12-,13+/m1/s1. The van der Waals surface area contributed by atoms with Crippen LogP contribution in [0.3, 0.4) is 0 Å². The summed E-state index contributed by atoms with van der Waals surface area (Å²) in [7, 11) is 0. The van der Waals surface area contributed by atoms with Gasteiger partial charge in [0.2, 0.25) is 0 Å². The first-order valence-corrected chi connectivity index (χ1v) is 6.39. The zero-order chi connectivity index (χ0) is 12.8. The molecule has 0 aliphatic heterocycles. The monoisotopic (exact) mass is 249 g/mol. The van der Waals surface area contributed by atoms with Gasteiger partial charge in [-0.3, -0.25) is 0 Å². The van der Waals surface area contributed by atoms with Crippen LogP contribution in [-0.2, 0) is 11.3 Å². The molecule has 2 atom stereocenters. The van der Waals surface area contributed by atoms with Crippen molar-refractivity contribution in [2.24, 2.45) is 0 Å². The summed E-state index contributed by atoms with van der Waals surface area (Å²) in [6.07, 6.45) is 2.62. The third-order valence-corrected chi connectivity index (χ3v) is 3.18. The lowest BCUT2D eigenvalue weighted by molar-refractivity contribution is 0.0997. The number of carbonyl (C=O) groups is 1. The van der Waals surface area contributed by atoms with Gasteiger partial charge in [0.25, 0.3) is 0 Å². The Balaban J connectivity index is 1.72. The maximum Gasteiger partial charge on any atom is 0.407 e. The number of benzene rings is 1. The van der Waals surface area contributed by atoms with Gasteiger partial charge in [-0.15, -0.1) is 0 Å². The van der Waals surface area contributed by atoms with E-state index in [2.05, 4.69) is 5.32 Å². The summed E-state index contributed by atoms with van der Waals surface area (Å²) in [5.74, 6) is 0. The van der Waals surface area contributed by atoms with Crippen LogP contribution < -0.4 is 5.32 Å². The fourth-order valence-electron chi connectivity index (χ4n) is 2.23. The van der Waals surface area contributed by atoms with E-state index >= 15 is 0 Å². The highest BCUT2D eigenvalue weighted by molar-refractivity contribution is 5.67. The molecule has 1 saturated carbocycles. The lowest BCUT2D eigenvalue weighted by Gasteiger charge is -2.26. The molecule has 0 saturated heterocycles. The van der Waals surface area contributed by atoms with E-state index in [0.717, 1.165) is 24.8 Å². The quantitative estimate of drug-likeness (QED) is 0.863. The van der Waals surface area contributed by atoms with E-state index in [1.54, 1.807) is 0 Å². The number of hydrogen-bond donors (Lipinski definition) is 2. The van der Waals surface area contributed by atoms with E-state index in [-0.39, 0.29) is 18.8 Å². The molecule has 0 heterocycles. The van der Waals surface area contributed by atoms with Crippen molar-refractivity contribution >= 4 is 6.09 Å². The second-order valence-corrected chi connectivity index (χ2v) is 4.72. The Morgan fingerprint density at radius 3 is 2.83 bits per heavy atom. The van der Waals surface area contributed by atoms with E-state index in [9.17, 15) is 9.90 Å². The van der Waals surface area contributed by atoms with Gasteiger partial charge in [-0.25, -0.2) is 4.79 Å². The number of alkyl carbamates (subject to hydrolysis) is 1. The van der Waals surface area contributed by atoms with Crippen LogP contribution >= 0.6 is 0 Å². The topological polar surface area (TPSA) is 58.6 Å². The molecule has 4 nitrogen and oxygen atoms in total. The van der Waals surface area contributed by atoms with Crippen LogP contribution in [0.1, 0.15) is 31.2 Å². The van der Waals surface area contributed by atoms with Crippen LogP contribution in [0.25, 0.3) is 0 Å². The van der Waals surface area contributed by atoms with Crippen molar-refractivity contribution in [3.05, 3.63) is 35.9 Å². The molecule has 18 heavy (non-hydrogen) atoms. The van der Waals surface area contributed by atoms with Crippen LogP contribution in [0, 0.1) is 0 Å². The Morgan fingerprint density at radius 2 is 2.11 bits per heavy atom. The average molecular weight is 249 g/mol. The number of aliphatic hydroxyl groups is 1. The zero-order valence-corrected chi connectivity index (χ0v) is 10.3. The van der Waals surface area contributed by atoms with Crippen molar-refractivity contribution < 1.29 is 14.6 Å². The molecule has 0 spiro atoms. The van der Waals surface area contributed by atoms with Crippen molar-refractivity contribution in [2.75, 3.05) is 0 Å². The minimum atomic E-state index is -0.405. The van der Waals surface area contributed by atoms with Gasteiger partial charge in [0.15, 0.2) is 0 Å². The summed E-state index contributed by atoms with van der Waals surface area (Å²) in [6, 6.07) is 9.61. The number of carbonyl (C=O) groups excluding carboxylic acids is 1. The Bertz CT molecular complexity index is 380. The third-order valence-electron chi connectivity index (χ3n) is 3.18. The number of rotatable bonds is 3. The minimum Gasteiger partial charge on any atom is -0.445 e. The second kappa shape index (κ2) is 6.40. The predicted octanol–water partition coefficient (Wildman–Crippen LogP) is 2.22. The van der Waals surface area contributed by atoms with Crippen LogP contribution in [0.5, 0.6) is 0 Å². The van der Waals surface area contributed by atoms with Crippen molar-refractivity contribution in [1.82, 2.24) is 5.32 Å². The highest BCUT2D eigenvalue weighted by Gasteiger charge is 2.21. The largest absolute Gasteiger partial charge is 0.445 e. The number of aliphatic hydroxyl groups excluding tert-OH is 1. The van der Waals surface area contributed by atoms with Crippen LogP contribution in [0.15, 0.2) is 30.3 Å². The lowest BCUT2D eigenvalue weighted by Crippen LogP contribution is -2.39. The summed E-state index contributed by atoms with van der Waals surface area (Å²) in [5, 5.41) is 12.3. The first-order valence-electron chi connectivity index (χ1n) is 6.39. The van der Waals surface area contributed by atoms with Gasteiger partial charge in [-0.05, 0) is 31.2 Å². The van der Waals surface area contributed by atoms with E-state index in [1.807, 2.05) is 30.3 Å². The molecule has 1 aliphatic carbocycles. The SMILES string of the molecule is O=C(N[C@@H]1CCC[C@H](O)C1)OCc1ccccc1. The molecule has 2 rings (SSSR count). The maximum atomic E-state index is 11.6. The molecule has 1 aromatic carbocycles. The fraction of sp³-hybridized carbons (Fsp3) is 0.500. The second-order valence-electron chi connectivity index (χ2n) is 4.72. The Labute approximate surface area is 107 Å². The van der Waals surface area contributed by atoms with Crippen LogP contribution in [-0.4, -0.2) is 23.3 Å². The van der Waals surface area contributed by atoms with Crippen molar-refractivity contribution in [2.45, 2.75) is 44.4 Å². The zero-order valence-electron chi connectivity index (χ0n) is 10.3. The summed E-state index contributed by atoms with van der Waals surface area (Å²) in [4.78, 5) is 11.6. The Morgan fingerprint density at radius 1 is 1.33 bits per heavy atom. The molecule has 0 radical (unpaired) electrons. The third kappa shape index (κ3) is 4.04. The van der Waals surface area contributed by atoms with E-state index < -0.39 is 6.09 Å². The first-order chi connectivity index (χ1) is 8.74. The Hall–Kier alpha value is -1.55. The molecule has 1 aromatic rings. The maximum absolute atomic E-state index is 11.6. The molecule has 0 unspecified atom stereocenters. The molecule has 4 heteroatoms. The summed E-state index contributed by atoms with van der Waals surface area (Å²) < 4.78 is 5.13. The molecular formula is C14H19NO3. The summed E-state index contributed by atoms with van der Waals surface area (Å²) in [6.45, 7) is 0.280. The van der Waals surface area contributed by atoms with Gasteiger partial charge in [-0.1, -0.05) is 30.3 Å². The van der Waals surface area contributed by atoms with E-state index in [1.165, 1.54) is 0 Å². The number of nitrogens with one attached hydrogen (secondary N) is 1. The molecule has 2 N–H and O–H groups in total. The van der Waals surface area contributed by atoms with Gasteiger partial charge in [0.1, 0.15) is 6.61 Å². The molecule has 1 aliphatic rings. The van der Waals surface area contributed by atoms with Crippen LogP contribution in [0.4, 0.5) is 4.79 Å². The number of ether oxygens (including phenoxy) is 1. The summed E-state index contributed by atoms with van der Waals surface area (Å²) >= 11 is 0. The van der Waals surface area contributed by atoms with Crippen molar-refractivity contribution in [1.29, 1.82) is 0 Å². The molecular weight excluding hydrogens is 230 g/mol. The minimum absolute atomic E-state index is 0.0389. The summed E-state index contributed by atoms with van der Waals surface area (Å²) in [5.41, 5.74) is 0.969. The van der Waals surface area contributed by atoms with E-state index in [0.29, 0.717) is 6.42 Å². The lowest BCUT2D eigenvalue weighted by atomic mass is 9.93. The van der Waals surface area contributed by atoms with Gasteiger partial charge in [-0.2, -0.15) is 0 Å². The molecule has 0 bridgehead atoms. The molecule has 98 valence electrons. The molecule has 1 amide bonds. The van der Waals surface area contributed by atoms with Gasteiger partial charge < -0.3 is 15.2 Å². The Kier molecular flexibility index (Phi) is 4.59. The van der Waals surface area contributed by atoms with Crippen LogP contribution in [0.2, 0.25) is 0 Å². The fourth-order valence-corrected chi connectivity index (χ4v) is 2.23. The molecule has 1 fully saturated rings. The smallest absolute Gasteiger partial charge is 0.407 e.